The van der Waals surface area contributed by atoms with Crippen molar-refractivity contribution >= 4 is 0 Å². The highest BCUT2D eigenvalue weighted by Gasteiger charge is 2.07. The molecule has 0 fully saturated rings. The first-order chi connectivity index (χ1) is 8.60. The van der Waals surface area contributed by atoms with E-state index in [2.05, 4.69) is 23.9 Å². The zero-order valence-corrected chi connectivity index (χ0v) is 10.9. The van der Waals surface area contributed by atoms with E-state index >= 15 is 0 Å². The number of hydrogen-bond acceptors (Lipinski definition) is 4. The van der Waals surface area contributed by atoms with E-state index in [9.17, 15) is 0 Å². The summed E-state index contributed by atoms with van der Waals surface area (Å²) in [4.78, 5) is 4.26. The molecule has 0 aliphatic heterocycles. The first kappa shape index (κ1) is 12.6. The summed E-state index contributed by atoms with van der Waals surface area (Å²) in [5, 5.41) is 4.22. The van der Waals surface area contributed by atoms with Gasteiger partial charge in [0.05, 0.1) is 12.4 Å². The van der Waals surface area contributed by atoms with Crippen molar-refractivity contribution < 1.29 is 4.74 Å². The maximum Gasteiger partial charge on any atom is 0.222 e. The summed E-state index contributed by atoms with van der Waals surface area (Å²) in [7, 11) is 0. The molecule has 0 aromatic carbocycles. The van der Waals surface area contributed by atoms with E-state index in [1.54, 1.807) is 12.4 Å². The zero-order chi connectivity index (χ0) is 13.1. The third-order valence-corrected chi connectivity index (χ3v) is 2.64. The van der Waals surface area contributed by atoms with E-state index in [1.807, 2.05) is 23.9 Å². The molecule has 2 heterocycles. The zero-order valence-electron chi connectivity index (χ0n) is 10.9. The van der Waals surface area contributed by atoms with Crippen LogP contribution in [0.5, 0.6) is 11.6 Å². The number of aromatic nitrogens is 3. The van der Waals surface area contributed by atoms with Gasteiger partial charge in [0.2, 0.25) is 5.88 Å². The lowest BCUT2D eigenvalue weighted by Gasteiger charge is -2.07. The van der Waals surface area contributed by atoms with E-state index in [4.69, 9.17) is 10.5 Å². The Morgan fingerprint density at radius 2 is 2.17 bits per heavy atom. The molecule has 0 saturated carbocycles. The first-order valence-corrected chi connectivity index (χ1v) is 5.97. The van der Waals surface area contributed by atoms with Gasteiger partial charge in [0, 0.05) is 24.3 Å². The molecule has 0 spiro atoms. The molecule has 96 valence electrons. The van der Waals surface area contributed by atoms with Gasteiger partial charge in [-0.2, -0.15) is 5.10 Å². The van der Waals surface area contributed by atoms with Gasteiger partial charge in [-0.05, 0) is 32.4 Å². The summed E-state index contributed by atoms with van der Waals surface area (Å²) in [6, 6.07) is 2.30. The van der Waals surface area contributed by atoms with Gasteiger partial charge in [0.1, 0.15) is 0 Å². The second kappa shape index (κ2) is 5.18. The lowest BCUT2D eigenvalue weighted by Crippen LogP contribution is -2.00. The second-order valence-corrected chi connectivity index (χ2v) is 4.52. The highest BCUT2D eigenvalue weighted by molar-refractivity contribution is 5.32. The summed E-state index contributed by atoms with van der Waals surface area (Å²) >= 11 is 0. The average molecular weight is 246 g/mol. The van der Waals surface area contributed by atoms with Crippen LogP contribution in [0.2, 0.25) is 0 Å². The molecule has 0 aliphatic rings. The molecule has 2 N–H and O–H groups in total. The molecule has 5 nitrogen and oxygen atoms in total. The standard InChI is InChI=1S/C13H18N4O/c1-9(2)17-8-12(7-16-17)18-13-10(3)4-11(5-14)6-15-13/h4,6-9H,5,14H2,1-3H3. The van der Waals surface area contributed by atoms with Crippen molar-refractivity contribution in [2.45, 2.75) is 33.4 Å². The number of ether oxygens (including phenoxy) is 1. The molecule has 18 heavy (non-hydrogen) atoms. The minimum Gasteiger partial charge on any atom is -0.435 e. The van der Waals surface area contributed by atoms with Crippen molar-refractivity contribution in [2.24, 2.45) is 5.73 Å². The molecule has 0 aliphatic carbocycles. The Bertz CT molecular complexity index is 534. The Balaban J connectivity index is 2.17. The smallest absolute Gasteiger partial charge is 0.222 e. The number of nitrogens with two attached hydrogens (primary N) is 1. The van der Waals surface area contributed by atoms with Crippen molar-refractivity contribution in [2.75, 3.05) is 0 Å². The first-order valence-electron chi connectivity index (χ1n) is 5.97. The van der Waals surface area contributed by atoms with Crippen molar-refractivity contribution in [1.29, 1.82) is 0 Å². The molecule has 5 heteroatoms. The van der Waals surface area contributed by atoms with Crippen LogP contribution in [0.3, 0.4) is 0 Å². The van der Waals surface area contributed by atoms with Crippen LogP contribution < -0.4 is 10.5 Å². The number of hydrogen-bond donors (Lipinski definition) is 1. The molecule has 0 unspecified atom stereocenters. The Labute approximate surface area is 107 Å². The molecule has 2 rings (SSSR count). The van der Waals surface area contributed by atoms with Crippen LogP contribution >= 0.6 is 0 Å². The van der Waals surface area contributed by atoms with Gasteiger partial charge in [-0.1, -0.05) is 0 Å². The minimum atomic E-state index is 0.316. The Morgan fingerprint density at radius 3 is 2.72 bits per heavy atom. The van der Waals surface area contributed by atoms with Gasteiger partial charge in [-0.3, -0.25) is 4.68 Å². The van der Waals surface area contributed by atoms with Crippen molar-refractivity contribution in [3.05, 3.63) is 35.8 Å². The highest BCUT2D eigenvalue weighted by Crippen LogP contribution is 2.23. The summed E-state index contributed by atoms with van der Waals surface area (Å²) in [6.45, 7) is 6.57. The van der Waals surface area contributed by atoms with Crippen LogP contribution in [-0.4, -0.2) is 14.8 Å². The van der Waals surface area contributed by atoms with Gasteiger partial charge in [-0.15, -0.1) is 0 Å². The molecule has 0 atom stereocenters. The molecule has 0 bridgehead atoms. The third-order valence-electron chi connectivity index (χ3n) is 2.64. The maximum absolute atomic E-state index is 5.70. The van der Waals surface area contributed by atoms with Crippen LogP contribution in [0.25, 0.3) is 0 Å². The summed E-state index contributed by atoms with van der Waals surface area (Å²) < 4.78 is 7.55. The summed E-state index contributed by atoms with van der Waals surface area (Å²) in [5.41, 5.74) is 7.53. The SMILES string of the molecule is Cc1cc(CN)cnc1Oc1cnn(C(C)C)c1. The Kier molecular flexibility index (Phi) is 3.62. The summed E-state index contributed by atoms with van der Waals surface area (Å²) in [6.07, 6.45) is 5.29. The van der Waals surface area contributed by atoms with Crippen molar-refractivity contribution in [3.8, 4) is 11.6 Å². The topological polar surface area (TPSA) is 66.0 Å². The number of rotatable bonds is 4. The van der Waals surface area contributed by atoms with E-state index < -0.39 is 0 Å². The fraction of sp³-hybridized carbons (Fsp3) is 0.385. The average Bonchev–Trinajstić information content (AvgIpc) is 2.80. The van der Waals surface area contributed by atoms with Gasteiger partial charge >= 0.3 is 0 Å². The largest absolute Gasteiger partial charge is 0.435 e. The predicted molar refractivity (Wildman–Crippen MR) is 69.6 cm³/mol. The van der Waals surface area contributed by atoms with Crippen LogP contribution in [0.15, 0.2) is 24.7 Å². The van der Waals surface area contributed by atoms with E-state index in [1.165, 1.54) is 0 Å². The quantitative estimate of drug-likeness (QED) is 0.899. The van der Waals surface area contributed by atoms with Crippen LogP contribution in [0.4, 0.5) is 0 Å². The molecule has 0 radical (unpaired) electrons. The highest BCUT2D eigenvalue weighted by atomic mass is 16.5. The monoisotopic (exact) mass is 246 g/mol. The molecule has 0 saturated heterocycles. The third kappa shape index (κ3) is 2.68. The van der Waals surface area contributed by atoms with Gasteiger partial charge in [-0.25, -0.2) is 4.98 Å². The lowest BCUT2D eigenvalue weighted by molar-refractivity contribution is 0.455. The van der Waals surface area contributed by atoms with Crippen molar-refractivity contribution in [1.82, 2.24) is 14.8 Å². The van der Waals surface area contributed by atoms with E-state index in [-0.39, 0.29) is 0 Å². The minimum absolute atomic E-state index is 0.316. The maximum atomic E-state index is 5.70. The molecule has 0 amide bonds. The summed E-state index contributed by atoms with van der Waals surface area (Å²) in [5.74, 6) is 1.29. The van der Waals surface area contributed by atoms with E-state index in [0.717, 1.165) is 11.1 Å². The normalized spacial score (nSPS) is 10.9. The van der Waals surface area contributed by atoms with Gasteiger partial charge in [0.25, 0.3) is 0 Å². The number of aryl methyl sites for hydroxylation is 1. The molecule has 2 aromatic heterocycles. The molecular weight excluding hydrogens is 228 g/mol. The molecule has 2 aromatic rings. The predicted octanol–water partition coefficient (Wildman–Crippen LogP) is 2.42. The fourth-order valence-electron chi connectivity index (χ4n) is 1.61. The van der Waals surface area contributed by atoms with Crippen LogP contribution in [0.1, 0.15) is 31.0 Å². The van der Waals surface area contributed by atoms with Crippen LogP contribution in [-0.2, 0) is 6.54 Å². The van der Waals surface area contributed by atoms with Crippen LogP contribution in [0, 0.1) is 6.92 Å². The fourth-order valence-corrected chi connectivity index (χ4v) is 1.61. The lowest BCUT2D eigenvalue weighted by atomic mass is 10.2. The Hall–Kier alpha value is -1.88. The number of nitrogens with zero attached hydrogens (tertiary/aromatic N) is 3. The van der Waals surface area contributed by atoms with Gasteiger partial charge in [0.15, 0.2) is 5.75 Å². The van der Waals surface area contributed by atoms with Gasteiger partial charge < -0.3 is 10.5 Å². The Morgan fingerprint density at radius 1 is 1.39 bits per heavy atom. The second-order valence-electron chi connectivity index (χ2n) is 4.52. The molecular formula is C13H18N4O. The number of pyridine rings is 1. The van der Waals surface area contributed by atoms with Crippen molar-refractivity contribution in [3.63, 3.8) is 0 Å². The van der Waals surface area contributed by atoms with E-state index in [0.29, 0.717) is 24.2 Å².